The number of sulfone groups is 1. The molecule has 6 nitrogen and oxygen atoms in total. The molecule has 1 aliphatic rings. The van der Waals surface area contributed by atoms with Crippen LogP contribution in [0.5, 0.6) is 0 Å². The van der Waals surface area contributed by atoms with Crippen molar-refractivity contribution in [2.75, 3.05) is 32.1 Å². The van der Waals surface area contributed by atoms with Crippen LogP contribution in [0, 0.1) is 0 Å². The Hall–Kier alpha value is -0.660. The third kappa shape index (κ3) is 3.66. The second-order valence-electron chi connectivity index (χ2n) is 5.23. The number of nitrogens with two attached hydrogens (primary N) is 1. The van der Waals surface area contributed by atoms with Crippen molar-refractivity contribution < 1.29 is 13.2 Å². The standard InChI is InChI=1S/C11H23N3O3S/c1-11(13-2,10(12)15)5-6-14(3)9-4-7-18(16,17)8-9/h9,13H,4-8H2,1-3H3,(H2,12,15). The number of primary amides is 1. The number of nitrogens with zero attached hydrogens (tertiary/aromatic N) is 1. The fourth-order valence-electron chi connectivity index (χ4n) is 2.08. The van der Waals surface area contributed by atoms with Crippen LogP contribution in [0.15, 0.2) is 0 Å². The van der Waals surface area contributed by atoms with Crippen LogP contribution in [-0.4, -0.2) is 63.0 Å². The van der Waals surface area contributed by atoms with E-state index in [1.807, 2.05) is 11.9 Å². The van der Waals surface area contributed by atoms with E-state index >= 15 is 0 Å². The highest BCUT2D eigenvalue weighted by Crippen LogP contribution is 2.18. The summed E-state index contributed by atoms with van der Waals surface area (Å²) < 4.78 is 22.8. The number of nitrogens with one attached hydrogen (secondary N) is 1. The first-order chi connectivity index (χ1) is 8.20. The summed E-state index contributed by atoms with van der Waals surface area (Å²) in [4.78, 5) is 13.3. The lowest BCUT2D eigenvalue weighted by atomic mass is 9.96. The molecule has 0 spiro atoms. The van der Waals surface area contributed by atoms with Gasteiger partial charge in [0.2, 0.25) is 5.91 Å². The number of hydrogen-bond acceptors (Lipinski definition) is 5. The van der Waals surface area contributed by atoms with Crippen molar-refractivity contribution in [3.63, 3.8) is 0 Å². The maximum atomic E-state index is 11.4. The molecule has 106 valence electrons. The highest BCUT2D eigenvalue weighted by atomic mass is 32.2. The van der Waals surface area contributed by atoms with Crippen LogP contribution < -0.4 is 11.1 Å². The number of rotatable bonds is 6. The molecule has 18 heavy (non-hydrogen) atoms. The summed E-state index contributed by atoms with van der Waals surface area (Å²) in [5, 5.41) is 2.92. The van der Waals surface area contributed by atoms with Gasteiger partial charge in [-0.3, -0.25) is 4.79 Å². The van der Waals surface area contributed by atoms with Gasteiger partial charge >= 0.3 is 0 Å². The number of hydrogen-bond donors (Lipinski definition) is 2. The summed E-state index contributed by atoms with van der Waals surface area (Å²) in [6.45, 7) is 2.40. The maximum Gasteiger partial charge on any atom is 0.237 e. The minimum Gasteiger partial charge on any atom is -0.368 e. The second kappa shape index (κ2) is 5.54. The van der Waals surface area contributed by atoms with Crippen LogP contribution in [0.25, 0.3) is 0 Å². The Balaban J connectivity index is 2.51. The van der Waals surface area contributed by atoms with E-state index in [4.69, 9.17) is 5.73 Å². The zero-order chi connectivity index (χ0) is 14.0. The summed E-state index contributed by atoms with van der Waals surface area (Å²) in [6.07, 6.45) is 1.23. The Bertz CT molecular complexity index is 410. The van der Waals surface area contributed by atoms with Crippen molar-refractivity contribution in [2.24, 2.45) is 5.73 Å². The third-order valence-electron chi connectivity index (χ3n) is 3.89. The molecule has 1 rings (SSSR count). The number of carbonyl (C=O) groups excluding carboxylic acids is 1. The van der Waals surface area contributed by atoms with Crippen molar-refractivity contribution in [1.29, 1.82) is 0 Å². The molecule has 7 heteroatoms. The van der Waals surface area contributed by atoms with Crippen molar-refractivity contribution in [2.45, 2.75) is 31.3 Å². The highest BCUT2D eigenvalue weighted by molar-refractivity contribution is 7.91. The topological polar surface area (TPSA) is 92.5 Å². The molecule has 0 saturated carbocycles. The summed E-state index contributed by atoms with van der Waals surface area (Å²) in [7, 11) is 0.726. The molecule has 0 aromatic rings. The van der Waals surface area contributed by atoms with Gasteiger partial charge in [0.15, 0.2) is 9.84 Å². The Morgan fingerprint density at radius 3 is 2.56 bits per heavy atom. The lowest BCUT2D eigenvalue weighted by Gasteiger charge is -2.30. The molecule has 2 atom stereocenters. The molecule has 3 N–H and O–H groups in total. The van der Waals surface area contributed by atoms with E-state index < -0.39 is 21.3 Å². The molecule has 0 aromatic carbocycles. The highest BCUT2D eigenvalue weighted by Gasteiger charge is 2.33. The van der Waals surface area contributed by atoms with Gasteiger partial charge in [-0.2, -0.15) is 0 Å². The second-order valence-corrected chi connectivity index (χ2v) is 7.46. The van der Waals surface area contributed by atoms with Crippen molar-refractivity contribution >= 4 is 15.7 Å². The summed E-state index contributed by atoms with van der Waals surface area (Å²) in [6, 6.07) is 0.0592. The smallest absolute Gasteiger partial charge is 0.237 e. The molecule has 1 fully saturated rings. The van der Waals surface area contributed by atoms with Crippen LogP contribution in [0.1, 0.15) is 19.8 Å². The Morgan fingerprint density at radius 2 is 2.17 bits per heavy atom. The molecule has 0 aromatic heterocycles. The summed E-state index contributed by atoms with van der Waals surface area (Å²) in [5.41, 5.74) is 4.60. The fraction of sp³-hybridized carbons (Fsp3) is 0.909. The first-order valence-electron chi connectivity index (χ1n) is 6.10. The molecule has 1 aliphatic heterocycles. The average Bonchev–Trinajstić information content (AvgIpc) is 2.65. The first kappa shape index (κ1) is 15.4. The van der Waals surface area contributed by atoms with E-state index in [1.165, 1.54) is 0 Å². The normalized spacial score (nSPS) is 26.1. The number of carbonyl (C=O) groups is 1. The zero-order valence-corrected chi connectivity index (χ0v) is 12.1. The quantitative estimate of drug-likeness (QED) is 0.647. The van der Waals surface area contributed by atoms with E-state index in [2.05, 4.69) is 5.32 Å². The van der Waals surface area contributed by atoms with Crippen LogP contribution in [0.3, 0.4) is 0 Å². The number of likely N-dealkylation sites (N-methyl/N-ethyl adjacent to an activating group) is 1. The summed E-state index contributed by atoms with van der Waals surface area (Å²) >= 11 is 0. The molecular weight excluding hydrogens is 254 g/mol. The molecule has 1 heterocycles. The van der Waals surface area contributed by atoms with Crippen molar-refractivity contribution in [3.05, 3.63) is 0 Å². The van der Waals surface area contributed by atoms with E-state index in [1.54, 1.807) is 14.0 Å². The lowest BCUT2D eigenvalue weighted by Crippen LogP contribution is -2.53. The van der Waals surface area contributed by atoms with Crippen molar-refractivity contribution in [1.82, 2.24) is 10.2 Å². The van der Waals surface area contributed by atoms with Gasteiger partial charge in [0.25, 0.3) is 0 Å². The zero-order valence-electron chi connectivity index (χ0n) is 11.3. The van der Waals surface area contributed by atoms with Crippen LogP contribution in [0.2, 0.25) is 0 Å². The monoisotopic (exact) mass is 277 g/mol. The molecule has 0 bridgehead atoms. The Kier molecular flexibility index (Phi) is 4.74. The molecule has 1 amide bonds. The number of amides is 1. The predicted octanol–water partition coefficient (Wildman–Crippen LogP) is -1.04. The van der Waals surface area contributed by atoms with Gasteiger partial charge in [0.05, 0.1) is 17.0 Å². The minimum atomic E-state index is -2.87. The van der Waals surface area contributed by atoms with Gasteiger partial charge in [-0.25, -0.2) is 8.42 Å². The minimum absolute atomic E-state index is 0.0592. The average molecular weight is 277 g/mol. The van der Waals surface area contributed by atoms with Crippen LogP contribution in [-0.2, 0) is 14.6 Å². The Morgan fingerprint density at radius 1 is 1.56 bits per heavy atom. The largest absolute Gasteiger partial charge is 0.368 e. The first-order valence-corrected chi connectivity index (χ1v) is 7.92. The van der Waals surface area contributed by atoms with E-state index in [-0.39, 0.29) is 17.5 Å². The third-order valence-corrected chi connectivity index (χ3v) is 5.64. The van der Waals surface area contributed by atoms with Gasteiger partial charge in [-0.05, 0) is 33.9 Å². The van der Waals surface area contributed by atoms with E-state index in [0.717, 1.165) is 0 Å². The molecular formula is C11H23N3O3S. The van der Waals surface area contributed by atoms with Crippen LogP contribution in [0.4, 0.5) is 0 Å². The van der Waals surface area contributed by atoms with Crippen molar-refractivity contribution in [3.8, 4) is 0 Å². The summed E-state index contributed by atoms with van der Waals surface area (Å²) in [5.74, 6) is 0.0923. The Labute approximate surface area is 109 Å². The lowest BCUT2D eigenvalue weighted by molar-refractivity contribution is -0.124. The molecule has 0 aliphatic carbocycles. The molecule has 0 radical (unpaired) electrons. The van der Waals surface area contributed by atoms with Gasteiger partial charge in [0, 0.05) is 12.6 Å². The van der Waals surface area contributed by atoms with Crippen LogP contribution >= 0.6 is 0 Å². The van der Waals surface area contributed by atoms with Gasteiger partial charge in [-0.1, -0.05) is 0 Å². The SMILES string of the molecule is CNC(C)(CCN(C)C1CCS(=O)(=O)C1)C(N)=O. The van der Waals surface area contributed by atoms with E-state index in [9.17, 15) is 13.2 Å². The van der Waals surface area contributed by atoms with Gasteiger partial charge < -0.3 is 16.0 Å². The van der Waals surface area contributed by atoms with Gasteiger partial charge in [0.1, 0.15) is 0 Å². The van der Waals surface area contributed by atoms with E-state index in [0.29, 0.717) is 19.4 Å². The van der Waals surface area contributed by atoms with Gasteiger partial charge in [-0.15, -0.1) is 0 Å². The molecule has 1 saturated heterocycles. The maximum absolute atomic E-state index is 11.4. The fourth-order valence-corrected chi connectivity index (χ4v) is 3.88. The molecule has 2 unspecified atom stereocenters. The predicted molar refractivity (Wildman–Crippen MR) is 71.0 cm³/mol.